The molecule has 0 spiro atoms. The maximum atomic E-state index is 11.4. The van der Waals surface area contributed by atoms with Gasteiger partial charge in [-0.05, 0) is 45.4 Å². The molecule has 1 aromatic heterocycles. The summed E-state index contributed by atoms with van der Waals surface area (Å²) in [7, 11) is 0. The normalized spacial score (nSPS) is 13.2. The van der Waals surface area contributed by atoms with E-state index in [1.807, 2.05) is 39.8 Å². The summed E-state index contributed by atoms with van der Waals surface area (Å²) in [5.74, 6) is -0.349. The highest BCUT2D eigenvalue weighted by Gasteiger charge is 2.17. The SMILES string of the molecule is CC(OCC(=O)OC(C)(C)C)c1ccncc1. The second-order valence-corrected chi connectivity index (χ2v) is 4.82. The van der Waals surface area contributed by atoms with Crippen molar-refractivity contribution in [1.82, 2.24) is 4.98 Å². The van der Waals surface area contributed by atoms with Crippen LogP contribution in [0.2, 0.25) is 0 Å². The van der Waals surface area contributed by atoms with Crippen LogP contribution in [-0.2, 0) is 14.3 Å². The van der Waals surface area contributed by atoms with Crippen LogP contribution in [0.25, 0.3) is 0 Å². The molecule has 0 fully saturated rings. The van der Waals surface area contributed by atoms with Crippen LogP contribution >= 0.6 is 0 Å². The zero-order valence-electron chi connectivity index (χ0n) is 10.8. The highest BCUT2D eigenvalue weighted by Crippen LogP contribution is 2.15. The fraction of sp³-hybridized carbons (Fsp3) is 0.538. The van der Waals surface area contributed by atoms with E-state index in [1.165, 1.54) is 0 Å². The Morgan fingerprint density at radius 3 is 2.47 bits per heavy atom. The Bertz CT molecular complexity index is 357. The molecule has 0 bridgehead atoms. The lowest BCUT2D eigenvalue weighted by Crippen LogP contribution is -2.26. The average Bonchev–Trinajstić information content (AvgIpc) is 2.25. The first-order chi connectivity index (χ1) is 7.88. The van der Waals surface area contributed by atoms with Crippen molar-refractivity contribution in [3.8, 4) is 0 Å². The monoisotopic (exact) mass is 237 g/mol. The van der Waals surface area contributed by atoms with Gasteiger partial charge in [-0.25, -0.2) is 4.79 Å². The molecular formula is C13H19NO3. The van der Waals surface area contributed by atoms with Gasteiger partial charge >= 0.3 is 5.97 Å². The van der Waals surface area contributed by atoms with Crippen LogP contribution in [0.1, 0.15) is 39.4 Å². The summed E-state index contributed by atoms with van der Waals surface area (Å²) in [6, 6.07) is 3.72. The van der Waals surface area contributed by atoms with Gasteiger partial charge < -0.3 is 9.47 Å². The summed E-state index contributed by atoms with van der Waals surface area (Å²) in [5, 5.41) is 0. The van der Waals surface area contributed by atoms with Crippen LogP contribution in [-0.4, -0.2) is 23.2 Å². The average molecular weight is 237 g/mol. The Morgan fingerprint density at radius 2 is 1.94 bits per heavy atom. The van der Waals surface area contributed by atoms with Gasteiger partial charge in [0.25, 0.3) is 0 Å². The minimum atomic E-state index is -0.472. The highest BCUT2D eigenvalue weighted by atomic mass is 16.6. The number of esters is 1. The van der Waals surface area contributed by atoms with E-state index in [2.05, 4.69) is 4.98 Å². The smallest absolute Gasteiger partial charge is 0.332 e. The summed E-state index contributed by atoms with van der Waals surface area (Å²) < 4.78 is 10.6. The molecule has 0 radical (unpaired) electrons. The Kier molecular flexibility index (Phi) is 4.63. The zero-order chi connectivity index (χ0) is 12.9. The van der Waals surface area contributed by atoms with Gasteiger partial charge in [0.05, 0.1) is 6.10 Å². The number of hydrogen-bond donors (Lipinski definition) is 0. The van der Waals surface area contributed by atoms with E-state index in [0.717, 1.165) is 5.56 Å². The molecule has 1 aromatic rings. The van der Waals surface area contributed by atoms with E-state index in [4.69, 9.17) is 9.47 Å². The minimum Gasteiger partial charge on any atom is -0.458 e. The summed E-state index contributed by atoms with van der Waals surface area (Å²) >= 11 is 0. The third kappa shape index (κ3) is 5.45. The fourth-order valence-electron chi connectivity index (χ4n) is 1.29. The van der Waals surface area contributed by atoms with E-state index < -0.39 is 5.60 Å². The number of ether oxygens (including phenoxy) is 2. The molecule has 0 N–H and O–H groups in total. The molecule has 1 heterocycles. The highest BCUT2D eigenvalue weighted by molar-refractivity contribution is 5.71. The number of hydrogen-bond acceptors (Lipinski definition) is 4. The maximum Gasteiger partial charge on any atom is 0.332 e. The summed E-state index contributed by atoms with van der Waals surface area (Å²) in [4.78, 5) is 15.4. The van der Waals surface area contributed by atoms with Crippen LogP contribution in [0.5, 0.6) is 0 Å². The second kappa shape index (κ2) is 5.77. The molecule has 0 saturated carbocycles. The number of aromatic nitrogens is 1. The Balaban J connectivity index is 2.39. The molecule has 1 rings (SSSR count). The Hall–Kier alpha value is -1.42. The fourth-order valence-corrected chi connectivity index (χ4v) is 1.29. The largest absolute Gasteiger partial charge is 0.458 e. The number of rotatable bonds is 4. The number of carbonyl (C=O) groups is 1. The number of nitrogens with zero attached hydrogens (tertiary/aromatic N) is 1. The Labute approximate surface area is 102 Å². The van der Waals surface area contributed by atoms with Crippen LogP contribution < -0.4 is 0 Å². The predicted molar refractivity (Wildman–Crippen MR) is 64.4 cm³/mol. The van der Waals surface area contributed by atoms with Crippen molar-refractivity contribution < 1.29 is 14.3 Å². The molecule has 0 aliphatic heterocycles. The first-order valence-electron chi connectivity index (χ1n) is 5.62. The quantitative estimate of drug-likeness (QED) is 0.755. The van der Waals surface area contributed by atoms with Crippen molar-refractivity contribution in [2.75, 3.05) is 6.61 Å². The van der Waals surface area contributed by atoms with Crippen LogP contribution in [0.3, 0.4) is 0 Å². The lowest BCUT2D eigenvalue weighted by Gasteiger charge is -2.20. The van der Waals surface area contributed by atoms with Crippen LogP contribution in [0.15, 0.2) is 24.5 Å². The molecule has 0 aromatic carbocycles. The number of carbonyl (C=O) groups excluding carboxylic acids is 1. The van der Waals surface area contributed by atoms with Gasteiger partial charge in [0.2, 0.25) is 0 Å². The van der Waals surface area contributed by atoms with Gasteiger partial charge in [-0.1, -0.05) is 0 Å². The zero-order valence-corrected chi connectivity index (χ0v) is 10.8. The van der Waals surface area contributed by atoms with Crippen molar-refractivity contribution in [2.45, 2.75) is 39.4 Å². The molecule has 0 aliphatic carbocycles. The van der Waals surface area contributed by atoms with E-state index in [9.17, 15) is 4.79 Å². The van der Waals surface area contributed by atoms with Crippen molar-refractivity contribution in [2.24, 2.45) is 0 Å². The molecule has 4 nitrogen and oxygen atoms in total. The lowest BCUT2D eigenvalue weighted by molar-refractivity contribution is -0.162. The Morgan fingerprint density at radius 1 is 1.35 bits per heavy atom. The van der Waals surface area contributed by atoms with E-state index in [-0.39, 0.29) is 18.7 Å². The van der Waals surface area contributed by atoms with Gasteiger partial charge in [-0.3, -0.25) is 4.98 Å². The van der Waals surface area contributed by atoms with Crippen molar-refractivity contribution in [1.29, 1.82) is 0 Å². The van der Waals surface area contributed by atoms with E-state index in [1.54, 1.807) is 12.4 Å². The standard InChI is InChI=1S/C13H19NO3/c1-10(11-5-7-14-8-6-11)16-9-12(15)17-13(2,3)4/h5-8,10H,9H2,1-4H3. The molecule has 0 amide bonds. The van der Waals surface area contributed by atoms with E-state index in [0.29, 0.717) is 0 Å². The molecular weight excluding hydrogens is 218 g/mol. The summed E-state index contributed by atoms with van der Waals surface area (Å²) in [6.07, 6.45) is 3.25. The van der Waals surface area contributed by atoms with Crippen molar-refractivity contribution in [3.63, 3.8) is 0 Å². The molecule has 94 valence electrons. The van der Waals surface area contributed by atoms with Gasteiger partial charge in [-0.15, -0.1) is 0 Å². The molecule has 0 saturated heterocycles. The molecule has 17 heavy (non-hydrogen) atoms. The first-order valence-corrected chi connectivity index (χ1v) is 5.62. The topological polar surface area (TPSA) is 48.4 Å². The molecule has 4 heteroatoms. The van der Waals surface area contributed by atoms with Gasteiger partial charge in [0, 0.05) is 12.4 Å². The van der Waals surface area contributed by atoms with Gasteiger partial charge in [0.1, 0.15) is 12.2 Å². The van der Waals surface area contributed by atoms with Gasteiger partial charge in [0.15, 0.2) is 0 Å². The molecule has 0 aliphatic rings. The van der Waals surface area contributed by atoms with Crippen LogP contribution in [0, 0.1) is 0 Å². The van der Waals surface area contributed by atoms with E-state index >= 15 is 0 Å². The maximum absolute atomic E-state index is 11.4. The molecule has 1 atom stereocenters. The lowest BCUT2D eigenvalue weighted by atomic mass is 10.2. The third-order valence-corrected chi connectivity index (χ3v) is 2.05. The van der Waals surface area contributed by atoms with Crippen molar-refractivity contribution >= 4 is 5.97 Å². The third-order valence-electron chi connectivity index (χ3n) is 2.05. The van der Waals surface area contributed by atoms with Gasteiger partial charge in [-0.2, -0.15) is 0 Å². The number of pyridine rings is 1. The summed E-state index contributed by atoms with van der Waals surface area (Å²) in [5.41, 5.74) is 0.518. The minimum absolute atomic E-state index is 0.0409. The van der Waals surface area contributed by atoms with Crippen molar-refractivity contribution in [3.05, 3.63) is 30.1 Å². The first kappa shape index (κ1) is 13.6. The summed E-state index contributed by atoms with van der Waals surface area (Å²) in [6.45, 7) is 7.34. The second-order valence-electron chi connectivity index (χ2n) is 4.82. The van der Waals surface area contributed by atoms with Crippen LogP contribution in [0.4, 0.5) is 0 Å². The molecule has 1 unspecified atom stereocenters. The predicted octanol–water partition coefficient (Wildman–Crippen LogP) is 2.50.